The van der Waals surface area contributed by atoms with Gasteiger partial charge in [0.25, 0.3) is 5.91 Å². The number of alkyl halides is 1. The molecular weight excluding hydrogens is 309 g/mol. The van der Waals surface area contributed by atoms with E-state index in [9.17, 15) is 14.3 Å². The Kier molecular flexibility index (Phi) is 2.81. The van der Waals surface area contributed by atoms with Crippen LogP contribution in [0.3, 0.4) is 0 Å². The molecule has 3 aliphatic rings. The molecular formula is C15H15ClFN3O2. The van der Waals surface area contributed by atoms with Crippen LogP contribution in [0.2, 0.25) is 5.15 Å². The summed E-state index contributed by atoms with van der Waals surface area (Å²) >= 11 is 6.12. The number of hydrogen-bond acceptors (Lipinski definition) is 3. The van der Waals surface area contributed by atoms with Crippen LogP contribution < -0.4 is 5.32 Å². The van der Waals surface area contributed by atoms with Crippen LogP contribution >= 0.6 is 11.6 Å². The van der Waals surface area contributed by atoms with Gasteiger partial charge in [-0.1, -0.05) is 11.6 Å². The first-order valence-corrected chi connectivity index (χ1v) is 7.59. The first-order valence-electron chi connectivity index (χ1n) is 7.21. The second kappa shape index (κ2) is 4.43. The lowest BCUT2D eigenvalue weighted by Gasteiger charge is -2.65. The number of nitrogens with zero attached hydrogens (tertiary/aromatic N) is 2. The van der Waals surface area contributed by atoms with E-state index in [-0.39, 0.29) is 24.6 Å². The number of hydrogen-bond donors (Lipinski definition) is 2. The van der Waals surface area contributed by atoms with Crippen molar-refractivity contribution in [3.63, 3.8) is 0 Å². The Bertz CT molecular complexity index is 769. The molecule has 2 aromatic heterocycles. The minimum Gasteiger partial charge on any atom is -0.395 e. The lowest BCUT2D eigenvalue weighted by atomic mass is 9.47. The Morgan fingerprint density at radius 2 is 2.23 bits per heavy atom. The van der Waals surface area contributed by atoms with Gasteiger partial charge in [-0.2, -0.15) is 0 Å². The third-order valence-corrected chi connectivity index (χ3v) is 4.94. The summed E-state index contributed by atoms with van der Waals surface area (Å²) in [7, 11) is 0. The lowest BCUT2D eigenvalue weighted by molar-refractivity contribution is -0.162. The number of amides is 1. The number of halogens is 2. The Morgan fingerprint density at radius 3 is 2.86 bits per heavy atom. The molecule has 116 valence electrons. The minimum absolute atomic E-state index is 0.117. The van der Waals surface area contributed by atoms with Crippen LogP contribution in [0.4, 0.5) is 4.39 Å². The predicted octanol–water partition coefficient (Wildman–Crippen LogP) is 2.06. The molecule has 1 amide bonds. The Morgan fingerprint density at radius 1 is 1.50 bits per heavy atom. The van der Waals surface area contributed by atoms with Gasteiger partial charge in [-0.3, -0.25) is 4.79 Å². The summed E-state index contributed by atoms with van der Waals surface area (Å²) in [6.07, 6.45) is 2.76. The first-order chi connectivity index (χ1) is 10.5. The zero-order valence-corrected chi connectivity index (χ0v) is 12.5. The van der Waals surface area contributed by atoms with Crippen LogP contribution in [0.5, 0.6) is 0 Å². The molecule has 2 bridgehead atoms. The van der Waals surface area contributed by atoms with E-state index in [1.807, 2.05) is 0 Å². The zero-order chi connectivity index (χ0) is 15.5. The zero-order valence-electron chi connectivity index (χ0n) is 11.8. The number of rotatable bonds is 4. The monoisotopic (exact) mass is 323 g/mol. The molecule has 7 heteroatoms. The molecule has 2 N–H and O–H groups in total. The molecule has 3 aliphatic carbocycles. The second-order valence-corrected chi connectivity index (χ2v) is 6.72. The van der Waals surface area contributed by atoms with Crippen molar-refractivity contribution >= 4 is 28.4 Å². The molecule has 3 fully saturated rings. The fourth-order valence-corrected chi connectivity index (χ4v) is 4.06. The van der Waals surface area contributed by atoms with Crippen molar-refractivity contribution in [3.05, 3.63) is 29.2 Å². The van der Waals surface area contributed by atoms with Crippen molar-refractivity contribution in [1.82, 2.24) is 14.9 Å². The van der Waals surface area contributed by atoms with Gasteiger partial charge in [-0.25, -0.2) is 9.37 Å². The normalized spacial score (nSPS) is 29.0. The number of aliphatic hydroxyl groups excluding tert-OH is 1. The third kappa shape index (κ3) is 1.87. The third-order valence-electron chi connectivity index (χ3n) is 4.66. The fraction of sp³-hybridized carbons (Fsp3) is 0.467. The molecule has 2 aromatic rings. The van der Waals surface area contributed by atoms with Gasteiger partial charge in [0.1, 0.15) is 11.4 Å². The van der Waals surface area contributed by atoms with Crippen LogP contribution in [-0.4, -0.2) is 38.4 Å². The summed E-state index contributed by atoms with van der Waals surface area (Å²) in [6.45, 7) is 0.131. The Labute approximate surface area is 131 Å². The maximum absolute atomic E-state index is 13.6. The van der Waals surface area contributed by atoms with Gasteiger partial charge in [0.2, 0.25) is 0 Å². The van der Waals surface area contributed by atoms with Crippen molar-refractivity contribution in [2.24, 2.45) is 0 Å². The summed E-state index contributed by atoms with van der Waals surface area (Å²) in [5.74, 6) is -0.262. The van der Waals surface area contributed by atoms with E-state index in [0.29, 0.717) is 35.6 Å². The molecule has 0 saturated heterocycles. The SMILES string of the molecule is O=C(NC12CC(F)(C1)C2)c1cc2ccnc(Cl)c2n1CCO. The second-order valence-electron chi connectivity index (χ2n) is 6.36. The topological polar surface area (TPSA) is 67.2 Å². The molecule has 0 radical (unpaired) electrons. The number of carbonyl (C=O) groups excluding carboxylic acids is 1. The Hall–Kier alpha value is -1.66. The van der Waals surface area contributed by atoms with Gasteiger partial charge < -0.3 is 15.0 Å². The van der Waals surface area contributed by atoms with Crippen molar-refractivity contribution in [2.75, 3.05) is 6.61 Å². The van der Waals surface area contributed by atoms with Gasteiger partial charge in [-0.05, 0) is 12.1 Å². The molecule has 0 spiro atoms. The van der Waals surface area contributed by atoms with Gasteiger partial charge in [0, 0.05) is 42.9 Å². The van der Waals surface area contributed by atoms with Crippen LogP contribution in [0.1, 0.15) is 29.8 Å². The van der Waals surface area contributed by atoms with Gasteiger partial charge >= 0.3 is 0 Å². The maximum Gasteiger partial charge on any atom is 0.268 e. The van der Waals surface area contributed by atoms with E-state index in [0.717, 1.165) is 5.39 Å². The van der Waals surface area contributed by atoms with Crippen molar-refractivity contribution < 1.29 is 14.3 Å². The number of aliphatic hydroxyl groups is 1. The highest BCUT2D eigenvalue weighted by Gasteiger charge is 2.70. The molecule has 0 unspecified atom stereocenters. The van der Waals surface area contributed by atoms with E-state index in [1.54, 1.807) is 22.9 Å². The number of nitrogens with one attached hydrogen (secondary N) is 1. The molecule has 3 saturated carbocycles. The van der Waals surface area contributed by atoms with E-state index in [2.05, 4.69) is 10.3 Å². The number of fused-ring (bicyclic) bond motifs is 1. The van der Waals surface area contributed by atoms with E-state index < -0.39 is 5.67 Å². The van der Waals surface area contributed by atoms with Gasteiger partial charge in [0.15, 0.2) is 5.15 Å². The summed E-state index contributed by atoms with van der Waals surface area (Å²) < 4.78 is 15.2. The average molecular weight is 324 g/mol. The standard InChI is InChI=1S/C15H15ClFN3O2/c16-12-11-9(1-2-18-12)5-10(20(11)3-4-21)13(22)19-15-6-14(17,7-15)8-15/h1-2,5,21H,3-4,6-8H2,(H,19,22). The highest BCUT2D eigenvalue weighted by molar-refractivity contribution is 6.34. The van der Waals surface area contributed by atoms with Gasteiger partial charge in [-0.15, -0.1) is 0 Å². The Balaban J connectivity index is 1.70. The van der Waals surface area contributed by atoms with E-state index in [1.165, 1.54) is 0 Å². The number of carbonyl (C=O) groups is 1. The maximum atomic E-state index is 13.6. The van der Waals surface area contributed by atoms with Gasteiger partial charge in [0.05, 0.1) is 12.1 Å². The van der Waals surface area contributed by atoms with Crippen molar-refractivity contribution in [1.29, 1.82) is 0 Å². The summed E-state index contributed by atoms with van der Waals surface area (Å²) in [6, 6.07) is 3.49. The molecule has 5 nitrogen and oxygen atoms in total. The van der Waals surface area contributed by atoms with Crippen molar-refractivity contribution in [2.45, 2.75) is 37.0 Å². The molecule has 0 atom stereocenters. The molecule has 22 heavy (non-hydrogen) atoms. The summed E-state index contributed by atoms with van der Waals surface area (Å²) in [4.78, 5) is 16.6. The predicted molar refractivity (Wildman–Crippen MR) is 79.7 cm³/mol. The minimum atomic E-state index is -1.06. The van der Waals surface area contributed by atoms with Crippen LogP contribution in [0.25, 0.3) is 10.9 Å². The highest BCUT2D eigenvalue weighted by Crippen LogP contribution is 2.62. The fourth-order valence-electron chi connectivity index (χ4n) is 3.79. The summed E-state index contributed by atoms with van der Waals surface area (Å²) in [5, 5.41) is 13.3. The highest BCUT2D eigenvalue weighted by atomic mass is 35.5. The van der Waals surface area contributed by atoms with E-state index >= 15 is 0 Å². The summed E-state index contributed by atoms with van der Waals surface area (Å²) in [5.41, 5.74) is -0.397. The quantitative estimate of drug-likeness (QED) is 0.846. The molecule has 2 heterocycles. The first kappa shape index (κ1) is 14.0. The number of aromatic nitrogens is 2. The molecule has 0 aliphatic heterocycles. The molecule has 5 rings (SSSR count). The number of pyridine rings is 1. The smallest absolute Gasteiger partial charge is 0.268 e. The largest absolute Gasteiger partial charge is 0.395 e. The van der Waals surface area contributed by atoms with E-state index in [4.69, 9.17) is 11.6 Å². The van der Waals surface area contributed by atoms with Crippen LogP contribution in [-0.2, 0) is 6.54 Å². The van der Waals surface area contributed by atoms with Crippen LogP contribution in [0.15, 0.2) is 18.3 Å². The van der Waals surface area contributed by atoms with Crippen molar-refractivity contribution in [3.8, 4) is 0 Å². The molecule has 0 aromatic carbocycles. The lowest BCUT2D eigenvalue weighted by Crippen LogP contribution is -2.76. The van der Waals surface area contributed by atoms with Crippen LogP contribution in [0, 0.1) is 0 Å². The average Bonchev–Trinajstić information content (AvgIpc) is 2.76.